The number of carbonyl (C=O) groups is 3. The summed E-state index contributed by atoms with van der Waals surface area (Å²) in [4.78, 5) is 35.3. The maximum atomic E-state index is 12.1. The molecule has 3 rings (SSSR count). The first-order valence-electron chi connectivity index (χ1n) is 8.28. The predicted octanol–water partition coefficient (Wildman–Crippen LogP) is -1.45. The van der Waals surface area contributed by atoms with E-state index in [1.165, 1.54) is 0 Å². The molecule has 1 amide bonds. The number of nitrogens with zero attached hydrogens (tertiary/aromatic N) is 2. The minimum absolute atomic E-state index is 0.0802. The van der Waals surface area contributed by atoms with Crippen molar-refractivity contribution >= 4 is 23.5 Å². The van der Waals surface area contributed by atoms with Crippen LogP contribution in [0.5, 0.6) is 5.75 Å². The van der Waals surface area contributed by atoms with Crippen LogP contribution in [0.1, 0.15) is 13.3 Å². The predicted molar refractivity (Wildman–Crippen MR) is 89.1 cm³/mol. The standard InChI is InChI=1S/C14H18N2O2.C4H4O4/c1-2-15-8-7-11(9-15)16-12-5-3-4-6-13(12)18-10-14(16)17;5-3(6)1-2-4(7)8/h3-6,11H,2,7-10H2,1H3;1-2H,(H,5,6)(H,7,8)/p-2/b;2-1+. The first kappa shape index (κ1) is 19.5. The van der Waals surface area contributed by atoms with E-state index in [2.05, 4.69) is 11.8 Å². The maximum absolute atomic E-state index is 12.1. The highest BCUT2D eigenvalue weighted by atomic mass is 16.5. The minimum atomic E-state index is -1.55. The second-order valence-corrected chi connectivity index (χ2v) is 5.83. The van der Waals surface area contributed by atoms with Crippen LogP contribution in [0.25, 0.3) is 0 Å². The van der Waals surface area contributed by atoms with Gasteiger partial charge < -0.3 is 34.3 Å². The number of likely N-dealkylation sites (N-methyl/N-ethyl adjacent to an activating group) is 1. The Hall–Kier alpha value is -2.87. The third kappa shape index (κ3) is 5.06. The number of hydrogen-bond donors (Lipinski definition) is 0. The highest BCUT2D eigenvalue weighted by Crippen LogP contribution is 2.34. The van der Waals surface area contributed by atoms with E-state index in [0.717, 1.165) is 37.5 Å². The summed E-state index contributed by atoms with van der Waals surface area (Å²) in [5.74, 6) is -2.19. The Bertz CT molecular complexity index is 687. The first-order valence-corrected chi connectivity index (χ1v) is 8.28. The van der Waals surface area contributed by atoms with Crippen molar-refractivity contribution in [2.24, 2.45) is 0 Å². The summed E-state index contributed by atoms with van der Waals surface area (Å²) < 4.78 is 5.47. The highest BCUT2D eigenvalue weighted by molar-refractivity contribution is 5.98. The Kier molecular flexibility index (Phi) is 6.74. The Morgan fingerprint density at radius 3 is 2.46 bits per heavy atom. The number of ether oxygens (including phenoxy) is 1. The number of carbonyl (C=O) groups excluding carboxylic acids is 3. The molecule has 2 heterocycles. The van der Waals surface area contributed by atoms with E-state index in [-0.39, 0.29) is 12.5 Å². The van der Waals surface area contributed by atoms with Crippen molar-refractivity contribution in [2.75, 3.05) is 31.1 Å². The molecule has 140 valence electrons. The van der Waals surface area contributed by atoms with Gasteiger partial charge in [-0.25, -0.2) is 0 Å². The molecular weight excluding hydrogens is 340 g/mol. The summed E-state index contributed by atoms with van der Waals surface area (Å²) in [6.45, 7) is 5.43. The number of fused-ring (bicyclic) bond motifs is 1. The molecule has 1 aromatic rings. The van der Waals surface area contributed by atoms with Gasteiger partial charge in [0, 0.05) is 13.1 Å². The van der Waals surface area contributed by atoms with E-state index in [4.69, 9.17) is 4.74 Å². The van der Waals surface area contributed by atoms with Crippen LogP contribution in [0.3, 0.4) is 0 Å². The molecule has 0 radical (unpaired) electrons. The van der Waals surface area contributed by atoms with Crippen LogP contribution in [0.4, 0.5) is 5.69 Å². The van der Waals surface area contributed by atoms with E-state index in [9.17, 15) is 24.6 Å². The third-order valence-corrected chi connectivity index (χ3v) is 4.16. The number of aliphatic carboxylic acids is 2. The van der Waals surface area contributed by atoms with Crippen LogP contribution in [0.15, 0.2) is 36.4 Å². The van der Waals surface area contributed by atoms with E-state index >= 15 is 0 Å². The highest BCUT2D eigenvalue weighted by Gasteiger charge is 2.35. The van der Waals surface area contributed by atoms with Crippen molar-refractivity contribution in [1.82, 2.24) is 4.90 Å². The zero-order chi connectivity index (χ0) is 19.1. The van der Waals surface area contributed by atoms with Gasteiger partial charge in [-0.3, -0.25) is 4.79 Å². The molecule has 0 aliphatic carbocycles. The number of amides is 1. The molecule has 2 aliphatic rings. The zero-order valence-electron chi connectivity index (χ0n) is 14.4. The van der Waals surface area contributed by atoms with Gasteiger partial charge in [-0.15, -0.1) is 0 Å². The quantitative estimate of drug-likeness (QED) is 0.604. The molecule has 0 bridgehead atoms. The fourth-order valence-electron chi connectivity index (χ4n) is 2.97. The third-order valence-electron chi connectivity index (χ3n) is 4.16. The van der Waals surface area contributed by atoms with E-state index < -0.39 is 11.9 Å². The molecule has 0 N–H and O–H groups in total. The zero-order valence-corrected chi connectivity index (χ0v) is 14.4. The maximum Gasteiger partial charge on any atom is 0.265 e. The first-order chi connectivity index (χ1) is 12.4. The van der Waals surface area contributed by atoms with Crippen molar-refractivity contribution in [3.05, 3.63) is 36.4 Å². The molecule has 1 unspecified atom stereocenters. The molecule has 8 heteroatoms. The number of anilines is 1. The minimum Gasteiger partial charge on any atom is -0.545 e. The Labute approximate surface area is 151 Å². The van der Waals surface area contributed by atoms with Gasteiger partial charge in [0.1, 0.15) is 5.75 Å². The van der Waals surface area contributed by atoms with Crippen molar-refractivity contribution < 1.29 is 29.3 Å². The summed E-state index contributed by atoms with van der Waals surface area (Å²) in [5.41, 5.74) is 0.928. The number of benzene rings is 1. The molecule has 1 atom stereocenters. The number of para-hydroxylation sites is 2. The van der Waals surface area contributed by atoms with Gasteiger partial charge in [-0.2, -0.15) is 0 Å². The Balaban J connectivity index is 0.000000260. The molecule has 1 fully saturated rings. The summed E-state index contributed by atoms with van der Waals surface area (Å²) in [7, 11) is 0. The van der Waals surface area contributed by atoms with Crippen LogP contribution >= 0.6 is 0 Å². The van der Waals surface area contributed by atoms with Gasteiger partial charge in [0.05, 0.1) is 23.7 Å². The second-order valence-electron chi connectivity index (χ2n) is 5.83. The largest absolute Gasteiger partial charge is 0.545 e. The SMILES string of the molecule is CCN1CCC(N2C(=O)COc3ccccc32)C1.O=C([O-])/C=C/C(=O)[O-]. The summed E-state index contributed by atoms with van der Waals surface area (Å²) in [6.07, 6.45) is 1.82. The normalized spacial score (nSPS) is 19.5. The molecule has 1 saturated heterocycles. The van der Waals surface area contributed by atoms with Crippen LogP contribution in [0.2, 0.25) is 0 Å². The number of hydrogen-bond acceptors (Lipinski definition) is 7. The molecule has 26 heavy (non-hydrogen) atoms. The average molecular weight is 360 g/mol. The lowest BCUT2D eigenvalue weighted by Gasteiger charge is -2.34. The van der Waals surface area contributed by atoms with Gasteiger partial charge in [-0.05, 0) is 37.3 Å². The molecule has 0 spiro atoms. The van der Waals surface area contributed by atoms with Crippen molar-refractivity contribution in [3.63, 3.8) is 0 Å². The fourth-order valence-corrected chi connectivity index (χ4v) is 2.97. The molecule has 0 aromatic heterocycles. The van der Waals surface area contributed by atoms with Crippen molar-refractivity contribution in [1.29, 1.82) is 0 Å². The Morgan fingerprint density at radius 2 is 1.88 bits per heavy atom. The average Bonchev–Trinajstić information content (AvgIpc) is 3.09. The van der Waals surface area contributed by atoms with Gasteiger partial charge >= 0.3 is 0 Å². The molecule has 1 aromatic carbocycles. The van der Waals surface area contributed by atoms with Crippen LogP contribution in [0, 0.1) is 0 Å². The second kappa shape index (κ2) is 9.00. The van der Waals surface area contributed by atoms with Crippen molar-refractivity contribution in [3.8, 4) is 5.75 Å². The van der Waals surface area contributed by atoms with Crippen LogP contribution < -0.4 is 19.8 Å². The van der Waals surface area contributed by atoms with E-state index in [1.54, 1.807) is 0 Å². The Morgan fingerprint density at radius 1 is 1.23 bits per heavy atom. The number of rotatable bonds is 4. The summed E-state index contributed by atoms with van der Waals surface area (Å²) in [5, 5.41) is 18.8. The van der Waals surface area contributed by atoms with Crippen molar-refractivity contribution in [2.45, 2.75) is 19.4 Å². The summed E-state index contributed by atoms with van der Waals surface area (Å²) >= 11 is 0. The number of likely N-dealkylation sites (tertiary alicyclic amines) is 1. The fraction of sp³-hybridized carbons (Fsp3) is 0.389. The van der Waals surface area contributed by atoms with Crippen LogP contribution in [-0.2, 0) is 14.4 Å². The molecular formula is C18H20N2O6-2. The lowest BCUT2D eigenvalue weighted by molar-refractivity contribution is -0.301. The van der Waals surface area contributed by atoms with Gasteiger partial charge in [0.15, 0.2) is 6.61 Å². The topological polar surface area (TPSA) is 113 Å². The smallest absolute Gasteiger partial charge is 0.265 e. The number of carboxylic acids is 2. The van der Waals surface area contributed by atoms with E-state index in [1.807, 2.05) is 29.2 Å². The van der Waals surface area contributed by atoms with Crippen LogP contribution in [-0.4, -0.2) is 55.0 Å². The van der Waals surface area contributed by atoms with Gasteiger partial charge in [-0.1, -0.05) is 19.1 Å². The lowest BCUT2D eigenvalue weighted by Crippen LogP contribution is -2.46. The lowest BCUT2D eigenvalue weighted by atomic mass is 10.1. The van der Waals surface area contributed by atoms with Gasteiger partial charge in [0.2, 0.25) is 0 Å². The molecule has 2 aliphatic heterocycles. The monoisotopic (exact) mass is 360 g/mol. The molecule has 8 nitrogen and oxygen atoms in total. The molecule has 0 saturated carbocycles. The summed E-state index contributed by atoms with van der Waals surface area (Å²) in [6, 6.07) is 8.10. The van der Waals surface area contributed by atoms with Gasteiger partial charge in [0.25, 0.3) is 5.91 Å². The van der Waals surface area contributed by atoms with E-state index in [0.29, 0.717) is 18.2 Å². The number of carboxylic acid groups (broad SMARTS) is 2.